The Kier molecular flexibility index (Phi) is 6.45. The zero-order valence-corrected chi connectivity index (χ0v) is 13.7. The van der Waals surface area contributed by atoms with Gasteiger partial charge in [-0.3, -0.25) is 15.6 Å². The van der Waals surface area contributed by atoms with Gasteiger partial charge in [0.2, 0.25) is 0 Å². The molecule has 0 spiro atoms. The number of hydrogen-bond donors (Lipinski definition) is 4. The maximum absolute atomic E-state index is 11.8. The van der Waals surface area contributed by atoms with Crippen molar-refractivity contribution in [3.8, 4) is 0 Å². The van der Waals surface area contributed by atoms with Gasteiger partial charge in [0.25, 0.3) is 5.91 Å². The summed E-state index contributed by atoms with van der Waals surface area (Å²) < 4.78 is 0. The van der Waals surface area contributed by atoms with Crippen LogP contribution in [-0.4, -0.2) is 23.6 Å². The molecule has 0 aliphatic heterocycles. The van der Waals surface area contributed by atoms with Crippen molar-refractivity contribution >= 4 is 28.9 Å². The molecule has 2 rings (SSSR count). The topological polar surface area (TPSA) is 65.2 Å². The van der Waals surface area contributed by atoms with Crippen molar-refractivity contribution in [2.75, 3.05) is 11.9 Å². The van der Waals surface area contributed by atoms with Crippen molar-refractivity contribution in [1.82, 2.24) is 16.2 Å². The van der Waals surface area contributed by atoms with Crippen molar-refractivity contribution < 1.29 is 4.79 Å². The van der Waals surface area contributed by atoms with Gasteiger partial charge < -0.3 is 10.6 Å². The number of nitrogens with one attached hydrogen (secondary N) is 4. The van der Waals surface area contributed by atoms with Crippen molar-refractivity contribution in [2.24, 2.45) is 5.92 Å². The van der Waals surface area contributed by atoms with E-state index in [9.17, 15) is 4.79 Å². The molecule has 1 aliphatic rings. The quantitative estimate of drug-likeness (QED) is 0.506. The first-order chi connectivity index (χ1) is 10.6. The normalized spacial score (nSPS) is 20.8. The summed E-state index contributed by atoms with van der Waals surface area (Å²) in [5, 5.41) is 6.80. The molecule has 22 heavy (non-hydrogen) atoms. The van der Waals surface area contributed by atoms with Gasteiger partial charge in [-0.05, 0) is 43.1 Å². The van der Waals surface area contributed by atoms with Gasteiger partial charge >= 0.3 is 0 Å². The lowest BCUT2D eigenvalue weighted by Crippen LogP contribution is -2.52. The van der Waals surface area contributed by atoms with Crippen molar-refractivity contribution in [2.45, 2.75) is 38.6 Å². The fourth-order valence-electron chi connectivity index (χ4n) is 2.64. The van der Waals surface area contributed by atoms with E-state index in [0.29, 0.717) is 17.1 Å². The summed E-state index contributed by atoms with van der Waals surface area (Å²) in [7, 11) is 0. The molecule has 1 amide bonds. The van der Waals surface area contributed by atoms with Gasteiger partial charge in [-0.1, -0.05) is 38.0 Å². The molecule has 4 N–H and O–H groups in total. The van der Waals surface area contributed by atoms with E-state index < -0.39 is 0 Å². The number of rotatable bonds is 4. The lowest BCUT2D eigenvalue weighted by Gasteiger charge is -2.30. The van der Waals surface area contributed by atoms with E-state index in [0.717, 1.165) is 12.1 Å². The van der Waals surface area contributed by atoms with Crippen LogP contribution in [0.1, 0.15) is 32.6 Å². The molecule has 1 fully saturated rings. The lowest BCUT2D eigenvalue weighted by atomic mass is 9.86. The highest BCUT2D eigenvalue weighted by atomic mass is 32.1. The Morgan fingerprint density at radius 1 is 1.18 bits per heavy atom. The third-order valence-electron chi connectivity index (χ3n) is 3.97. The van der Waals surface area contributed by atoms with Gasteiger partial charge in [-0.25, -0.2) is 0 Å². The molecule has 120 valence electrons. The molecule has 2 atom stereocenters. The van der Waals surface area contributed by atoms with Crippen LogP contribution in [0.5, 0.6) is 0 Å². The molecule has 0 saturated heterocycles. The van der Waals surface area contributed by atoms with E-state index in [1.807, 2.05) is 30.3 Å². The molecular formula is C16H24N4OS. The summed E-state index contributed by atoms with van der Waals surface area (Å²) in [5.41, 5.74) is 6.28. The Bertz CT molecular complexity index is 494. The Balaban J connectivity index is 1.64. The SMILES string of the molecule is C[C@H]1CCCC[C@H]1NC(=S)NNC(=O)CNc1ccccc1. The first kappa shape index (κ1) is 16.5. The average Bonchev–Trinajstić information content (AvgIpc) is 2.54. The monoisotopic (exact) mass is 320 g/mol. The molecule has 6 heteroatoms. The highest BCUT2D eigenvalue weighted by molar-refractivity contribution is 7.80. The average molecular weight is 320 g/mol. The molecule has 1 saturated carbocycles. The van der Waals surface area contributed by atoms with Gasteiger partial charge in [0.1, 0.15) is 0 Å². The summed E-state index contributed by atoms with van der Waals surface area (Å²) >= 11 is 5.23. The van der Waals surface area contributed by atoms with E-state index >= 15 is 0 Å². The third-order valence-corrected chi connectivity index (χ3v) is 4.19. The number of anilines is 1. The summed E-state index contributed by atoms with van der Waals surface area (Å²) in [5.74, 6) is 0.452. The second-order valence-electron chi connectivity index (χ2n) is 5.73. The number of carbonyl (C=O) groups excluding carboxylic acids is 1. The minimum absolute atomic E-state index is 0.162. The number of thiocarbonyl (C=S) groups is 1. The van der Waals surface area contributed by atoms with Crippen LogP contribution in [-0.2, 0) is 4.79 Å². The van der Waals surface area contributed by atoms with Crippen LogP contribution in [0.4, 0.5) is 5.69 Å². The number of benzene rings is 1. The maximum atomic E-state index is 11.8. The second-order valence-corrected chi connectivity index (χ2v) is 6.14. The van der Waals surface area contributed by atoms with E-state index in [-0.39, 0.29) is 12.5 Å². The van der Waals surface area contributed by atoms with Crippen molar-refractivity contribution in [3.63, 3.8) is 0 Å². The molecule has 1 aromatic carbocycles. The molecular weight excluding hydrogens is 296 g/mol. The predicted octanol–water partition coefficient (Wildman–Crippen LogP) is 2.17. The second kappa shape index (κ2) is 8.58. The van der Waals surface area contributed by atoms with E-state index in [4.69, 9.17) is 12.2 Å². The largest absolute Gasteiger partial charge is 0.376 e. The third kappa shape index (κ3) is 5.52. The van der Waals surface area contributed by atoms with E-state index in [1.54, 1.807) is 0 Å². The predicted molar refractivity (Wildman–Crippen MR) is 93.4 cm³/mol. The van der Waals surface area contributed by atoms with E-state index in [1.165, 1.54) is 19.3 Å². The Labute approximate surface area is 137 Å². The zero-order valence-electron chi connectivity index (χ0n) is 12.9. The fraction of sp³-hybridized carbons (Fsp3) is 0.500. The maximum Gasteiger partial charge on any atom is 0.257 e. The Morgan fingerprint density at radius 2 is 1.91 bits per heavy atom. The molecule has 0 bridgehead atoms. The molecule has 0 aromatic heterocycles. The van der Waals surface area contributed by atoms with Crippen molar-refractivity contribution in [1.29, 1.82) is 0 Å². The molecule has 5 nitrogen and oxygen atoms in total. The minimum Gasteiger partial charge on any atom is -0.376 e. The number of hydrazine groups is 1. The van der Waals surface area contributed by atoms with Crippen LogP contribution in [0.25, 0.3) is 0 Å². The highest BCUT2D eigenvalue weighted by Crippen LogP contribution is 2.23. The molecule has 1 aliphatic carbocycles. The lowest BCUT2D eigenvalue weighted by molar-refractivity contribution is -0.119. The summed E-state index contributed by atoms with van der Waals surface area (Å²) in [6.07, 6.45) is 4.89. The fourth-order valence-corrected chi connectivity index (χ4v) is 2.85. The molecule has 1 aromatic rings. The number of carbonyl (C=O) groups is 1. The first-order valence-corrected chi connectivity index (χ1v) is 8.20. The van der Waals surface area contributed by atoms with Gasteiger partial charge in [-0.15, -0.1) is 0 Å². The van der Waals surface area contributed by atoms with E-state index in [2.05, 4.69) is 28.4 Å². The Morgan fingerprint density at radius 3 is 2.64 bits per heavy atom. The van der Waals surface area contributed by atoms with Crippen LogP contribution in [0, 0.1) is 5.92 Å². The number of hydrogen-bond acceptors (Lipinski definition) is 3. The first-order valence-electron chi connectivity index (χ1n) is 7.79. The highest BCUT2D eigenvalue weighted by Gasteiger charge is 2.21. The van der Waals surface area contributed by atoms with Gasteiger partial charge in [0.05, 0.1) is 6.54 Å². The number of para-hydroxylation sites is 1. The number of amides is 1. The standard InChI is InChI=1S/C16H24N4OS/c1-12-7-5-6-10-14(12)18-16(22)20-19-15(21)11-17-13-8-3-2-4-9-13/h2-4,8-9,12,14,17H,5-7,10-11H2,1H3,(H,19,21)(H2,18,20,22)/t12-,14+/m0/s1. The summed E-state index contributed by atoms with van der Waals surface area (Å²) in [4.78, 5) is 11.8. The van der Waals surface area contributed by atoms with Crippen LogP contribution in [0.2, 0.25) is 0 Å². The van der Waals surface area contributed by atoms with Crippen molar-refractivity contribution in [3.05, 3.63) is 30.3 Å². The van der Waals surface area contributed by atoms with Gasteiger partial charge in [0, 0.05) is 11.7 Å². The zero-order chi connectivity index (χ0) is 15.8. The molecule has 0 unspecified atom stereocenters. The van der Waals surface area contributed by atoms with Gasteiger partial charge in [0.15, 0.2) is 5.11 Å². The van der Waals surface area contributed by atoms with Crippen LogP contribution in [0.15, 0.2) is 30.3 Å². The minimum atomic E-state index is -0.162. The summed E-state index contributed by atoms with van der Waals surface area (Å²) in [6.45, 7) is 2.43. The smallest absolute Gasteiger partial charge is 0.257 e. The van der Waals surface area contributed by atoms with Gasteiger partial charge in [-0.2, -0.15) is 0 Å². The molecule has 0 radical (unpaired) electrons. The Hall–Kier alpha value is -1.82. The molecule has 0 heterocycles. The summed E-state index contributed by atoms with van der Waals surface area (Å²) in [6, 6.07) is 10.00. The van der Waals surface area contributed by atoms with Crippen LogP contribution < -0.4 is 21.5 Å². The van der Waals surface area contributed by atoms with Crippen LogP contribution in [0.3, 0.4) is 0 Å². The van der Waals surface area contributed by atoms with Crippen LogP contribution >= 0.6 is 12.2 Å².